The summed E-state index contributed by atoms with van der Waals surface area (Å²) in [5, 5.41) is 2.75. The Balaban J connectivity index is 2.39. The van der Waals surface area contributed by atoms with Gasteiger partial charge in [0.15, 0.2) is 0 Å². The zero-order valence-electron chi connectivity index (χ0n) is 9.83. The fourth-order valence-electron chi connectivity index (χ4n) is 2.68. The van der Waals surface area contributed by atoms with Crippen LogP contribution >= 0.6 is 0 Å². The molecule has 2 aromatic carbocycles. The molecule has 1 aliphatic carbocycles. The van der Waals surface area contributed by atoms with E-state index in [1.54, 1.807) is 0 Å². The van der Waals surface area contributed by atoms with Crippen molar-refractivity contribution >= 4 is 16.8 Å². The maximum absolute atomic E-state index is 2.33. The highest BCUT2D eigenvalue weighted by Crippen LogP contribution is 2.32. The number of hydrogen-bond donors (Lipinski definition) is 0. The second kappa shape index (κ2) is 3.48. The molecule has 2 aromatic rings. The van der Waals surface area contributed by atoms with Crippen molar-refractivity contribution in [1.29, 1.82) is 0 Å². The summed E-state index contributed by atoms with van der Waals surface area (Å²) in [5.74, 6) is 0.673. The summed E-state index contributed by atoms with van der Waals surface area (Å²) in [5.41, 5.74) is 4.41. The lowest BCUT2D eigenvalue weighted by molar-refractivity contribution is 0.715. The SMILES string of the molecule is Cc1cc2ccccc2c2c1CC(C)C=C2. The summed E-state index contributed by atoms with van der Waals surface area (Å²) < 4.78 is 0. The van der Waals surface area contributed by atoms with Gasteiger partial charge in [0, 0.05) is 0 Å². The minimum Gasteiger partial charge on any atom is -0.0807 e. The number of hydrogen-bond acceptors (Lipinski definition) is 0. The third-order valence-corrected chi connectivity index (χ3v) is 3.54. The molecule has 3 rings (SSSR count). The maximum Gasteiger partial charge on any atom is -0.0109 e. The van der Waals surface area contributed by atoms with E-state index < -0.39 is 0 Å². The Morgan fingerprint density at radius 2 is 2.00 bits per heavy atom. The quantitative estimate of drug-likeness (QED) is 0.603. The molecule has 0 saturated heterocycles. The molecule has 0 amide bonds. The van der Waals surface area contributed by atoms with E-state index in [9.17, 15) is 0 Å². The van der Waals surface area contributed by atoms with Gasteiger partial charge < -0.3 is 0 Å². The molecule has 0 aromatic heterocycles. The van der Waals surface area contributed by atoms with E-state index in [1.807, 2.05) is 0 Å². The number of fused-ring (bicyclic) bond motifs is 3. The molecule has 80 valence electrons. The summed E-state index contributed by atoms with van der Waals surface area (Å²) >= 11 is 0. The lowest BCUT2D eigenvalue weighted by Crippen LogP contribution is -2.05. The van der Waals surface area contributed by atoms with Crippen LogP contribution in [0.3, 0.4) is 0 Å². The van der Waals surface area contributed by atoms with Gasteiger partial charge in [-0.3, -0.25) is 0 Å². The molecule has 0 bridgehead atoms. The molecule has 1 atom stereocenters. The maximum atomic E-state index is 2.33. The first-order valence-corrected chi connectivity index (χ1v) is 5.95. The van der Waals surface area contributed by atoms with Crippen LogP contribution < -0.4 is 0 Å². The van der Waals surface area contributed by atoms with E-state index in [0.29, 0.717) is 5.92 Å². The normalized spacial score (nSPS) is 18.8. The summed E-state index contributed by atoms with van der Waals surface area (Å²) in [4.78, 5) is 0. The molecule has 16 heavy (non-hydrogen) atoms. The number of rotatable bonds is 0. The van der Waals surface area contributed by atoms with Gasteiger partial charge in [-0.05, 0) is 46.7 Å². The Kier molecular flexibility index (Phi) is 2.10. The van der Waals surface area contributed by atoms with Crippen molar-refractivity contribution in [3.63, 3.8) is 0 Å². The number of aryl methyl sites for hydroxylation is 1. The van der Waals surface area contributed by atoms with E-state index in [1.165, 1.54) is 33.9 Å². The van der Waals surface area contributed by atoms with Gasteiger partial charge in [-0.25, -0.2) is 0 Å². The molecule has 0 aliphatic heterocycles. The summed E-state index contributed by atoms with van der Waals surface area (Å²) in [6.45, 7) is 4.52. The first-order chi connectivity index (χ1) is 7.75. The molecule has 0 heteroatoms. The third kappa shape index (κ3) is 1.37. The first kappa shape index (κ1) is 9.65. The van der Waals surface area contributed by atoms with Gasteiger partial charge in [0.05, 0.1) is 0 Å². The van der Waals surface area contributed by atoms with Crippen LogP contribution in [0.15, 0.2) is 36.4 Å². The van der Waals surface area contributed by atoms with Gasteiger partial charge in [0.1, 0.15) is 0 Å². The zero-order valence-corrected chi connectivity index (χ0v) is 9.83. The Bertz CT molecular complexity index is 576. The summed E-state index contributed by atoms with van der Waals surface area (Å²) in [6.07, 6.45) is 5.82. The fourth-order valence-corrected chi connectivity index (χ4v) is 2.68. The van der Waals surface area contributed by atoms with Crippen molar-refractivity contribution in [2.75, 3.05) is 0 Å². The zero-order chi connectivity index (χ0) is 11.1. The molecule has 0 fully saturated rings. The van der Waals surface area contributed by atoms with Gasteiger partial charge in [-0.1, -0.05) is 49.4 Å². The lowest BCUT2D eigenvalue weighted by atomic mass is 9.85. The molecule has 0 radical (unpaired) electrons. The van der Waals surface area contributed by atoms with Crippen LogP contribution in [-0.2, 0) is 6.42 Å². The standard InChI is InChI=1S/C16H16/c1-11-7-8-15-14-6-4-3-5-13(14)10-12(2)16(15)9-11/h3-8,10-11H,9H2,1-2H3. The fraction of sp³-hybridized carbons (Fsp3) is 0.250. The number of allylic oxidation sites excluding steroid dienone is 1. The summed E-state index contributed by atoms with van der Waals surface area (Å²) in [7, 11) is 0. The van der Waals surface area contributed by atoms with Crippen LogP contribution in [-0.4, -0.2) is 0 Å². The predicted molar refractivity (Wildman–Crippen MR) is 70.6 cm³/mol. The van der Waals surface area contributed by atoms with E-state index in [0.717, 1.165) is 0 Å². The number of benzene rings is 2. The van der Waals surface area contributed by atoms with Crippen LogP contribution in [0, 0.1) is 12.8 Å². The molecular weight excluding hydrogens is 192 g/mol. The van der Waals surface area contributed by atoms with Gasteiger partial charge in [0.25, 0.3) is 0 Å². The Labute approximate surface area is 96.6 Å². The second-order valence-corrected chi connectivity index (χ2v) is 4.85. The van der Waals surface area contributed by atoms with Crippen LogP contribution in [0.25, 0.3) is 16.8 Å². The minimum atomic E-state index is 0.673. The lowest BCUT2D eigenvalue weighted by Gasteiger charge is -2.20. The average Bonchev–Trinajstić information content (AvgIpc) is 2.29. The third-order valence-electron chi connectivity index (χ3n) is 3.54. The largest absolute Gasteiger partial charge is 0.0807 e. The van der Waals surface area contributed by atoms with Crippen molar-refractivity contribution < 1.29 is 0 Å². The topological polar surface area (TPSA) is 0 Å². The van der Waals surface area contributed by atoms with Crippen molar-refractivity contribution in [2.24, 2.45) is 5.92 Å². The van der Waals surface area contributed by atoms with Crippen LogP contribution in [0.2, 0.25) is 0 Å². The van der Waals surface area contributed by atoms with Crippen molar-refractivity contribution in [3.8, 4) is 0 Å². The first-order valence-electron chi connectivity index (χ1n) is 5.95. The van der Waals surface area contributed by atoms with Crippen LogP contribution in [0.1, 0.15) is 23.6 Å². The van der Waals surface area contributed by atoms with Crippen molar-refractivity contribution in [1.82, 2.24) is 0 Å². The van der Waals surface area contributed by atoms with E-state index in [2.05, 4.69) is 56.3 Å². The smallest absolute Gasteiger partial charge is 0.0109 e. The van der Waals surface area contributed by atoms with Crippen LogP contribution in [0.4, 0.5) is 0 Å². The van der Waals surface area contributed by atoms with Crippen LogP contribution in [0.5, 0.6) is 0 Å². The Morgan fingerprint density at radius 3 is 2.88 bits per heavy atom. The highest BCUT2D eigenvalue weighted by atomic mass is 14.2. The average molecular weight is 208 g/mol. The van der Waals surface area contributed by atoms with Gasteiger partial charge in [0.2, 0.25) is 0 Å². The van der Waals surface area contributed by atoms with Crippen molar-refractivity contribution in [2.45, 2.75) is 20.3 Å². The molecule has 0 nitrogen and oxygen atoms in total. The van der Waals surface area contributed by atoms with E-state index >= 15 is 0 Å². The predicted octanol–water partition coefficient (Wildman–Crippen LogP) is 4.35. The highest BCUT2D eigenvalue weighted by molar-refractivity contribution is 5.93. The van der Waals surface area contributed by atoms with Gasteiger partial charge >= 0.3 is 0 Å². The second-order valence-electron chi connectivity index (χ2n) is 4.85. The van der Waals surface area contributed by atoms with Gasteiger partial charge in [-0.15, -0.1) is 0 Å². The minimum absolute atomic E-state index is 0.673. The highest BCUT2D eigenvalue weighted by Gasteiger charge is 2.14. The van der Waals surface area contributed by atoms with E-state index in [4.69, 9.17) is 0 Å². The Morgan fingerprint density at radius 1 is 1.19 bits per heavy atom. The molecule has 0 heterocycles. The molecule has 0 saturated carbocycles. The van der Waals surface area contributed by atoms with E-state index in [-0.39, 0.29) is 0 Å². The molecule has 0 N–H and O–H groups in total. The molecular formula is C16H16. The molecule has 1 unspecified atom stereocenters. The molecule has 1 aliphatic rings. The Hall–Kier alpha value is -1.56. The molecule has 0 spiro atoms. The van der Waals surface area contributed by atoms with Crippen molar-refractivity contribution in [3.05, 3.63) is 53.1 Å². The summed E-state index contributed by atoms with van der Waals surface area (Å²) in [6, 6.07) is 11.0. The monoisotopic (exact) mass is 208 g/mol. The van der Waals surface area contributed by atoms with Gasteiger partial charge in [-0.2, -0.15) is 0 Å².